The summed E-state index contributed by atoms with van der Waals surface area (Å²) in [6.45, 7) is 5.06. The summed E-state index contributed by atoms with van der Waals surface area (Å²) in [5, 5.41) is 9.95. The summed E-state index contributed by atoms with van der Waals surface area (Å²) >= 11 is 0. The van der Waals surface area contributed by atoms with Crippen LogP contribution in [-0.2, 0) is 23.0 Å². The Morgan fingerprint density at radius 3 is 2.59 bits per heavy atom. The molecular formula is C22H27NO4. The highest BCUT2D eigenvalue weighted by Gasteiger charge is 2.32. The van der Waals surface area contributed by atoms with Crippen LogP contribution in [0.2, 0.25) is 0 Å². The number of pyridine rings is 1. The third-order valence-corrected chi connectivity index (χ3v) is 5.12. The minimum Gasteiger partial charge on any atom is -0.459 e. The van der Waals surface area contributed by atoms with Gasteiger partial charge in [0.2, 0.25) is 0 Å². The van der Waals surface area contributed by atoms with Crippen molar-refractivity contribution in [2.24, 2.45) is 7.05 Å². The summed E-state index contributed by atoms with van der Waals surface area (Å²) < 4.78 is 7.25. The minimum absolute atomic E-state index is 0.0481. The number of carbonyl (C=O) groups excluding carboxylic acids is 1. The van der Waals surface area contributed by atoms with Crippen LogP contribution in [0.4, 0.5) is 0 Å². The van der Waals surface area contributed by atoms with Crippen LogP contribution < -0.4 is 5.56 Å². The summed E-state index contributed by atoms with van der Waals surface area (Å²) in [5.74, 6) is 5.38. The lowest BCUT2D eigenvalue weighted by Crippen LogP contribution is -2.24. The molecule has 2 aliphatic carbocycles. The van der Waals surface area contributed by atoms with E-state index in [0.29, 0.717) is 28.7 Å². The Kier molecular flexibility index (Phi) is 5.30. The zero-order chi connectivity index (χ0) is 19.8. The van der Waals surface area contributed by atoms with Gasteiger partial charge in [0.25, 0.3) is 5.56 Å². The molecule has 1 aromatic heterocycles. The van der Waals surface area contributed by atoms with Crippen molar-refractivity contribution in [3.05, 3.63) is 38.8 Å². The molecule has 1 aromatic rings. The predicted molar refractivity (Wildman–Crippen MR) is 104 cm³/mol. The van der Waals surface area contributed by atoms with Crippen LogP contribution in [0, 0.1) is 11.8 Å². The molecule has 0 unspecified atom stereocenters. The first-order valence-corrected chi connectivity index (χ1v) is 9.56. The molecule has 0 saturated heterocycles. The Morgan fingerprint density at radius 1 is 1.30 bits per heavy atom. The Labute approximate surface area is 160 Å². The molecule has 0 radical (unpaired) electrons. The minimum atomic E-state index is -1.16. The van der Waals surface area contributed by atoms with E-state index in [9.17, 15) is 14.7 Å². The molecule has 2 aliphatic rings. The number of hydrogen-bond acceptors (Lipinski definition) is 4. The topological polar surface area (TPSA) is 68.5 Å². The maximum Gasteiger partial charge on any atom is 0.339 e. The van der Waals surface area contributed by atoms with E-state index < -0.39 is 5.60 Å². The summed E-state index contributed by atoms with van der Waals surface area (Å²) in [5.41, 5.74) is 1.73. The average molecular weight is 369 g/mol. The highest BCUT2D eigenvalue weighted by atomic mass is 16.5. The van der Waals surface area contributed by atoms with Crippen LogP contribution >= 0.6 is 0 Å². The number of carbonyl (C=O) groups is 1. The highest BCUT2D eigenvalue weighted by Crippen LogP contribution is 2.35. The smallest absolute Gasteiger partial charge is 0.339 e. The van der Waals surface area contributed by atoms with E-state index in [1.54, 1.807) is 27.1 Å². The van der Waals surface area contributed by atoms with Gasteiger partial charge >= 0.3 is 5.97 Å². The van der Waals surface area contributed by atoms with E-state index >= 15 is 0 Å². The van der Waals surface area contributed by atoms with E-state index in [1.807, 2.05) is 6.92 Å². The van der Waals surface area contributed by atoms with Gasteiger partial charge in [-0.1, -0.05) is 23.8 Å². The summed E-state index contributed by atoms with van der Waals surface area (Å²) in [7, 11) is 1.67. The number of ether oxygens (including phenoxy) is 1. The summed E-state index contributed by atoms with van der Waals surface area (Å²) in [6, 6.07) is 0. The number of esters is 1. The molecule has 144 valence electrons. The van der Waals surface area contributed by atoms with Crippen LogP contribution in [0.15, 0.2) is 16.6 Å². The molecule has 1 heterocycles. The second kappa shape index (κ2) is 7.36. The van der Waals surface area contributed by atoms with Crippen molar-refractivity contribution in [1.29, 1.82) is 0 Å². The first kappa shape index (κ1) is 19.4. The fourth-order valence-electron chi connectivity index (χ4n) is 3.80. The number of allylic oxidation sites excluding steroid dienone is 1. The van der Waals surface area contributed by atoms with Gasteiger partial charge in [0.05, 0.1) is 5.57 Å². The number of aryl methyl sites for hydroxylation is 1. The molecular weight excluding hydrogens is 342 g/mol. The molecule has 27 heavy (non-hydrogen) atoms. The van der Waals surface area contributed by atoms with Gasteiger partial charge in [0.15, 0.2) is 0 Å². The maximum absolute atomic E-state index is 12.9. The van der Waals surface area contributed by atoms with Crippen LogP contribution in [0.1, 0.15) is 69.6 Å². The number of hydrogen-bond donors (Lipinski definition) is 1. The number of aliphatic hydroxyl groups is 1. The average Bonchev–Trinajstić information content (AvgIpc) is 2.94. The third kappa shape index (κ3) is 4.17. The van der Waals surface area contributed by atoms with Crippen molar-refractivity contribution >= 4 is 11.5 Å². The van der Waals surface area contributed by atoms with Crippen molar-refractivity contribution < 1.29 is 14.6 Å². The standard InChI is InChI=1S/C22H27NO4/c1-14-12-17-19(18(14)21(25)27-16-8-6-5-7-9-16)15(10-11-22(2,3)26)13-23(4)20(17)24/h13,16,26H,5-9,12H2,1-4H3. The van der Waals surface area contributed by atoms with Crippen molar-refractivity contribution in [3.8, 4) is 11.8 Å². The first-order chi connectivity index (χ1) is 12.7. The first-order valence-electron chi connectivity index (χ1n) is 9.56. The Balaban J connectivity index is 2.03. The van der Waals surface area contributed by atoms with Crippen molar-refractivity contribution in [3.63, 3.8) is 0 Å². The fourth-order valence-corrected chi connectivity index (χ4v) is 3.80. The number of nitrogens with zero attached hydrogens (tertiary/aromatic N) is 1. The quantitative estimate of drug-likeness (QED) is 0.643. The largest absolute Gasteiger partial charge is 0.459 e. The second-order valence-corrected chi connectivity index (χ2v) is 8.12. The third-order valence-electron chi connectivity index (χ3n) is 5.12. The molecule has 1 N–H and O–H groups in total. The zero-order valence-corrected chi connectivity index (χ0v) is 16.5. The van der Waals surface area contributed by atoms with Crippen molar-refractivity contribution in [2.75, 3.05) is 0 Å². The van der Waals surface area contributed by atoms with E-state index in [4.69, 9.17) is 4.74 Å². The lowest BCUT2D eigenvalue weighted by molar-refractivity contribution is -0.143. The van der Waals surface area contributed by atoms with E-state index in [1.165, 1.54) is 11.0 Å². The van der Waals surface area contributed by atoms with Gasteiger partial charge in [-0.25, -0.2) is 4.79 Å². The molecule has 0 amide bonds. The fraction of sp³-hybridized carbons (Fsp3) is 0.545. The monoisotopic (exact) mass is 369 g/mol. The molecule has 0 spiro atoms. The number of aromatic nitrogens is 1. The molecule has 0 aromatic carbocycles. The highest BCUT2D eigenvalue weighted by molar-refractivity contribution is 6.20. The summed E-state index contributed by atoms with van der Waals surface area (Å²) in [4.78, 5) is 25.6. The predicted octanol–water partition coefficient (Wildman–Crippen LogP) is 2.71. The van der Waals surface area contributed by atoms with Crippen molar-refractivity contribution in [1.82, 2.24) is 4.57 Å². The van der Waals surface area contributed by atoms with Crippen LogP contribution in [0.5, 0.6) is 0 Å². The van der Waals surface area contributed by atoms with Crippen LogP contribution in [0.25, 0.3) is 5.57 Å². The Hall–Kier alpha value is -2.32. The molecule has 5 nitrogen and oxygen atoms in total. The van der Waals surface area contributed by atoms with Gasteiger partial charge in [-0.15, -0.1) is 0 Å². The Bertz CT molecular complexity index is 913. The SMILES string of the molecule is CC1=C(C(=O)OC2CCCCC2)c2c(C#CC(C)(C)O)cn(C)c(=O)c2C1. The molecule has 0 atom stereocenters. The maximum atomic E-state index is 12.9. The second-order valence-electron chi connectivity index (χ2n) is 8.12. The zero-order valence-electron chi connectivity index (χ0n) is 16.5. The van der Waals surface area contributed by atoms with Gasteiger partial charge in [0, 0.05) is 36.4 Å². The molecule has 0 bridgehead atoms. The van der Waals surface area contributed by atoms with E-state index in [-0.39, 0.29) is 17.6 Å². The summed E-state index contributed by atoms with van der Waals surface area (Å²) in [6.07, 6.45) is 7.14. The number of fused-ring (bicyclic) bond motifs is 1. The lowest BCUT2D eigenvalue weighted by atomic mass is 9.97. The van der Waals surface area contributed by atoms with Gasteiger partial charge in [-0.05, 0) is 46.5 Å². The van der Waals surface area contributed by atoms with Gasteiger partial charge < -0.3 is 14.4 Å². The molecule has 3 rings (SSSR count). The van der Waals surface area contributed by atoms with E-state index in [2.05, 4.69) is 11.8 Å². The van der Waals surface area contributed by atoms with Gasteiger partial charge in [-0.3, -0.25) is 4.79 Å². The molecule has 5 heteroatoms. The van der Waals surface area contributed by atoms with Crippen molar-refractivity contribution in [2.45, 2.75) is 71.0 Å². The van der Waals surface area contributed by atoms with Gasteiger partial charge in [0.1, 0.15) is 11.7 Å². The Morgan fingerprint density at radius 2 is 1.96 bits per heavy atom. The van der Waals surface area contributed by atoms with E-state index in [0.717, 1.165) is 31.3 Å². The van der Waals surface area contributed by atoms with Crippen LogP contribution in [-0.4, -0.2) is 27.3 Å². The normalized spacial score (nSPS) is 17.4. The molecule has 1 fully saturated rings. The number of rotatable bonds is 2. The molecule has 1 saturated carbocycles. The lowest BCUT2D eigenvalue weighted by Gasteiger charge is -2.22. The molecule has 0 aliphatic heterocycles. The van der Waals surface area contributed by atoms with Crippen LogP contribution in [0.3, 0.4) is 0 Å². The van der Waals surface area contributed by atoms with Gasteiger partial charge in [-0.2, -0.15) is 0 Å².